The highest BCUT2D eigenvalue weighted by atomic mass is 16.4. The number of rotatable bonds is 2. The van der Waals surface area contributed by atoms with Crippen LogP contribution in [0.25, 0.3) is 0 Å². The minimum absolute atomic E-state index is 0.298. The van der Waals surface area contributed by atoms with E-state index in [0.29, 0.717) is 5.82 Å². The van der Waals surface area contributed by atoms with Crippen LogP contribution >= 0.6 is 0 Å². The van der Waals surface area contributed by atoms with E-state index >= 15 is 0 Å². The van der Waals surface area contributed by atoms with Gasteiger partial charge in [-0.3, -0.25) is 0 Å². The Morgan fingerprint density at radius 2 is 2.42 bits per heavy atom. The summed E-state index contributed by atoms with van der Waals surface area (Å²) in [4.78, 5) is 13.9. The normalized spacial score (nSPS) is 9.42. The standard InChI is InChI=1S/C8H10N2O2/c1-2-6-3-4-7(9-5-6)10-8(11)12/h3-5H,2H2,1H3,(H,9,10)(H,11,12)/p-1. The number of nitrogens with zero attached hydrogens (tertiary/aromatic N) is 1. The van der Waals surface area contributed by atoms with Gasteiger partial charge in [-0.05, 0) is 18.1 Å². The first-order chi connectivity index (χ1) is 5.72. The van der Waals surface area contributed by atoms with Gasteiger partial charge in [-0.2, -0.15) is 0 Å². The molecular weight excluding hydrogens is 156 g/mol. The fourth-order valence-corrected chi connectivity index (χ4v) is 0.812. The molecule has 0 aliphatic heterocycles. The molecule has 1 heterocycles. The largest absolute Gasteiger partial charge is 0.530 e. The molecule has 1 aromatic rings. The van der Waals surface area contributed by atoms with Crippen LogP contribution in [0.4, 0.5) is 10.6 Å². The molecule has 12 heavy (non-hydrogen) atoms. The maximum absolute atomic E-state index is 10.1. The van der Waals surface area contributed by atoms with Crippen LogP contribution in [0.3, 0.4) is 0 Å². The molecule has 0 spiro atoms. The van der Waals surface area contributed by atoms with E-state index in [1.165, 1.54) is 0 Å². The molecule has 0 fully saturated rings. The third-order valence-electron chi connectivity index (χ3n) is 1.46. The van der Waals surface area contributed by atoms with Gasteiger partial charge < -0.3 is 15.2 Å². The van der Waals surface area contributed by atoms with Crippen LogP contribution in [0.1, 0.15) is 12.5 Å². The lowest BCUT2D eigenvalue weighted by Gasteiger charge is -2.04. The molecule has 1 aromatic heterocycles. The average molecular weight is 165 g/mol. The van der Waals surface area contributed by atoms with Crippen LogP contribution in [-0.4, -0.2) is 11.1 Å². The molecule has 1 rings (SSSR count). The van der Waals surface area contributed by atoms with Crippen molar-refractivity contribution >= 4 is 11.9 Å². The number of aromatic nitrogens is 1. The predicted molar refractivity (Wildman–Crippen MR) is 42.6 cm³/mol. The Morgan fingerprint density at radius 1 is 1.67 bits per heavy atom. The molecular formula is C8H9N2O2-. The van der Waals surface area contributed by atoms with E-state index in [0.717, 1.165) is 12.0 Å². The highest BCUT2D eigenvalue weighted by Gasteiger charge is 1.92. The number of hydrogen-bond acceptors (Lipinski definition) is 3. The van der Waals surface area contributed by atoms with Crippen molar-refractivity contribution in [3.63, 3.8) is 0 Å². The summed E-state index contributed by atoms with van der Waals surface area (Å²) in [7, 11) is 0. The molecule has 4 heteroatoms. The SMILES string of the molecule is CCc1ccc(NC(=O)[O-])nc1. The number of amides is 1. The zero-order valence-electron chi connectivity index (χ0n) is 6.70. The van der Waals surface area contributed by atoms with Crippen LogP contribution in [0, 0.1) is 0 Å². The van der Waals surface area contributed by atoms with Gasteiger partial charge in [-0.25, -0.2) is 4.98 Å². The number of aryl methyl sites for hydroxylation is 1. The van der Waals surface area contributed by atoms with Gasteiger partial charge in [0.1, 0.15) is 11.9 Å². The Kier molecular flexibility index (Phi) is 2.63. The van der Waals surface area contributed by atoms with Gasteiger partial charge in [0.25, 0.3) is 0 Å². The quantitative estimate of drug-likeness (QED) is 0.689. The van der Waals surface area contributed by atoms with Gasteiger partial charge in [0.15, 0.2) is 0 Å². The number of carbonyl (C=O) groups is 1. The minimum Gasteiger partial charge on any atom is -0.530 e. The van der Waals surface area contributed by atoms with Crippen molar-refractivity contribution in [1.29, 1.82) is 0 Å². The zero-order valence-corrected chi connectivity index (χ0v) is 6.70. The Labute approximate surface area is 70.3 Å². The van der Waals surface area contributed by atoms with E-state index in [9.17, 15) is 9.90 Å². The van der Waals surface area contributed by atoms with E-state index in [1.54, 1.807) is 12.3 Å². The topological polar surface area (TPSA) is 65.0 Å². The van der Waals surface area contributed by atoms with Gasteiger partial charge in [0.05, 0.1) is 0 Å². The zero-order chi connectivity index (χ0) is 8.97. The summed E-state index contributed by atoms with van der Waals surface area (Å²) in [6, 6.07) is 3.42. The van der Waals surface area contributed by atoms with E-state index in [-0.39, 0.29) is 0 Å². The molecule has 0 radical (unpaired) electrons. The summed E-state index contributed by atoms with van der Waals surface area (Å²) in [5.74, 6) is 0.298. The fraction of sp³-hybridized carbons (Fsp3) is 0.250. The lowest BCUT2D eigenvalue weighted by Crippen LogP contribution is -2.29. The molecule has 0 saturated heterocycles. The Bertz CT molecular complexity index is 269. The molecule has 0 aromatic carbocycles. The highest BCUT2D eigenvalue weighted by molar-refractivity contribution is 5.79. The lowest BCUT2D eigenvalue weighted by molar-refractivity contribution is -0.242. The van der Waals surface area contributed by atoms with Gasteiger partial charge in [0.2, 0.25) is 0 Å². The van der Waals surface area contributed by atoms with Gasteiger partial charge in [0, 0.05) is 6.20 Å². The van der Waals surface area contributed by atoms with Crippen molar-refractivity contribution in [1.82, 2.24) is 4.98 Å². The van der Waals surface area contributed by atoms with Crippen molar-refractivity contribution in [2.75, 3.05) is 5.32 Å². The number of pyridine rings is 1. The van der Waals surface area contributed by atoms with Crippen molar-refractivity contribution < 1.29 is 9.90 Å². The molecule has 0 unspecified atom stereocenters. The predicted octanol–water partition coefficient (Wildman–Crippen LogP) is 0.399. The molecule has 0 atom stereocenters. The molecule has 0 aliphatic carbocycles. The summed E-state index contributed by atoms with van der Waals surface area (Å²) in [5.41, 5.74) is 1.07. The van der Waals surface area contributed by atoms with Crippen molar-refractivity contribution in [3.8, 4) is 0 Å². The molecule has 0 bridgehead atoms. The molecule has 0 saturated carbocycles. The molecule has 4 nitrogen and oxygen atoms in total. The Morgan fingerprint density at radius 3 is 2.83 bits per heavy atom. The Hall–Kier alpha value is -1.58. The van der Waals surface area contributed by atoms with Crippen LogP contribution in [-0.2, 0) is 6.42 Å². The van der Waals surface area contributed by atoms with Crippen molar-refractivity contribution in [2.45, 2.75) is 13.3 Å². The maximum Gasteiger partial charge on any atom is 0.140 e. The van der Waals surface area contributed by atoms with Gasteiger partial charge in [-0.15, -0.1) is 0 Å². The van der Waals surface area contributed by atoms with Crippen LogP contribution in [0.2, 0.25) is 0 Å². The van der Waals surface area contributed by atoms with Gasteiger partial charge >= 0.3 is 0 Å². The monoisotopic (exact) mass is 165 g/mol. The fourth-order valence-electron chi connectivity index (χ4n) is 0.812. The third kappa shape index (κ3) is 2.23. The van der Waals surface area contributed by atoms with Crippen molar-refractivity contribution in [3.05, 3.63) is 23.9 Å². The number of carboxylic acid groups (broad SMARTS) is 1. The lowest BCUT2D eigenvalue weighted by atomic mass is 10.2. The first-order valence-corrected chi connectivity index (χ1v) is 3.65. The third-order valence-corrected chi connectivity index (χ3v) is 1.46. The van der Waals surface area contributed by atoms with Crippen molar-refractivity contribution in [2.24, 2.45) is 0 Å². The summed E-state index contributed by atoms with van der Waals surface area (Å²) in [6.45, 7) is 2.00. The summed E-state index contributed by atoms with van der Waals surface area (Å²) in [5, 5.41) is 12.1. The van der Waals surface area contributed by atoms with Crippen LogP contribution in [0.5, 0.6) is 0 Å². The van der Waals surface area contributed by atoms with E-state index in [4.69, 9.17) is 0 Å². The number of nitrogens with one attached hydrogen (secondary N) is 1. The highest BCUT2D eigenvalue weighted by Crippen LogP contribution is 2.04. The second-order valence-corrected chi connectivity index (χ2v) is 2.32. The van der Waals surface area contributed by atoms with E-state index < -0.39 is 6.09 Å². The molecule has 64 valence electrons. The second-order valence-electron chi connectivity index (χ2n) is 2.32. The Balaban J connectivity index is 2.71. The number of hydrogen-bond donors (Lipinski definition) is 1. The summed E-state index contributed by atoms with van der Waals surface area (Å²) >= 11 is 0. The maximum atomic E-state index is 10.1. The minimum atomic E-state index is -1.34. The average Bonchev–Trinajstić information content (AvgIpc) is 2.05. The number of anilines is 1. The second kappa shape index (κ2) is 3.71. The molecule has 1 N–H and O–H groups in total. The first-order valence-electron chi connectivity index (χ1n) is 3.65. The van der Waals surface area contributed by atoms with Crippen LogP contribution < -0.4 is 10.4 Å². The van der Waals surface area contributed by atoms with Crippen LogP contribution in [0.15, 0.2) is 18.3 Å². The first kappa shape index (κ1) is 8.52. The smallest absolute Gasteiger partial charge is 0.140 e. The molecule has 0 aliphatic rings. The van der Waals surface area contributed by atoms with Gasteiger partial charge in [-0.1, -0.05) is 13.0 Å². The number of carbonyl (C=O) groups excluding carboxylic acids is 1. The summed E-state index contributed by atoms with van der Waals surface area (Å²) < 4.78 is 0. The van der Waals surface area contributed by atoms with E-state index in [1.807, 2.05) is 13.0 Å². The molecule has 1 amide bonds. The summed E-state index contributed by atoms with van der Waals surface area (Å²) in [6.07, 6.45) is 1.18. The van der Waals surface area contributed by atoms with E-state index in [2.05, 4.69) is 10.3 Å².